The van der Waals surface area contributed by atoms with Gasteiger partial charge in [-0.3, -0.25) is 0 Å². The Kier molecular flexibility index (Phi) is 12.1. The van der Waals surface area contributed by atoms with Crippen molar-refractivity contribution >= 4 is 18.0 Å². The number of rotatable bonds is 1. The first-order valence-electron chi connectivity index (χ1n) is 1.65. The molecule has 0 radical (unpaired) electrons. The minimum absolute atomic E-state index is 0. The first-order chi connectivity index (χ1) is 3.81. The first kappa shape index (κ1) is 12.4. The molecule has 0 spiro atoms. The van der Waals surface area contributed by atoms with Gasteiger partial charge >= 0.3 is 51.4 Å². The van der Waals surface area contributed by atoms with Gasteiger partial charge in [0.25, 0.3) is 0 Å². The van der Waals surface area contributed by atoms with Gasteiger partial charge in [-0.2, -0.15) is 9.66 Å². The SMILES string of the molecule is CO/C([O-])=N\SC#N.[K+]. The molecule has 0 aromatic carbocycles. The van der Waals surface area contributed by atoms with E-state index in [1.165, 1.54) is 7.11 Å². The van der Waals surface area contributed by atoms with Crippen molar-refractivity contribution < 1.29 is 61.2 Å². The molecule has 0 heterocycles. The van der Waals surface area contributed by atoms with Crippen molar-refractivity contribution in [3.8, 4) is 5.40 Å². The minimum Gasteiger partial charge on any atom is -0.603 e. The van der Waals surface area contributed by atoms with Gasteiger partial charge in [-0.15, -0.1) is 0 Å². The molecule has 0 N–H and O–H groups in total. The fourth-order valence-electron chi connectivity index (χ4n) is 0.0949. The van der Waals surface area contributed by atoms with Crippen LogP contribution in [0, 0.1) is 10.7 Å². The summed E-state index contributed by atoms with van der Waals surface area (Å²) < 4.78 is 7.13. The number of thiocyanates is 1. The Morgan fingerprint density at radius 1 is 1.89 bits per heavy atom. The Hall–Kier alpha value is 0.746. The fraction of sp³-hybridized carbons (Fsp3) is 0.333. The molecule has 0 aliphatic heterocycles. The van der Waals surface area contributed by atoms with Crippen molar-refractivity contribution in [3.05, 3.63) is 0 Å². The van der Waals surface area contributed by atoms with E-state index in [1.54, 1.807) is 5.40 Å². The Morgan fingerprint density at radius 3 is 2.78 bits per heavy atom. The van der Waals surface area contributed by atoms with E-state index in [-0.39, 0.29) is 51.4 Å². The predicted molar refractivity (Wildman–Crippen MR) is 27.6 cm³/mol. The van der Waals surface area contributed by atoms with Gasteiger partial charge in [0.05, 0.1) is 11.9 Å². The number of nitrogens with zero attached hydrogens (tertiary/aromatic N) is 2. The summed E-state index contributed by atoms with van der Waals surface area (Å²) in [4.78, 5) is 0. The van der Waals surface area contributed by atoms with Crippen LogP contribution in [0.1, 0.15) is 0 Å². The topological polar surface area (TPSA) is 68.4 Å². The van der Waals surface area contributed by atoms with Gasteiger partial charge in [0.15, 0.2) is 11.5 Å². The van der Waals surface area contributed by atoms with E-state index < -0.39 is 6.08 Å². The number of methoxy groups -OCH3 is 1. The second-order valence-corrected chi connectivity index (χ2v) is 1.29. The normalized spacial score (nSPS) is 9.11. The molecule has 0 amide bonds. The van der Waals surface area contributed by atoms with Gasteiger partial charge in [-0.25, -0.2) is 0 Å². The summed E-state index contributed by atoms with van der Waals surface area (Å²) in [7, 11) is 1.20. The largest absolute Gasteiger partial charge is 1.00 e. The van der Waals surface area contributed by atoms with Crippen LogP contribution in [0.3, 0.4) is 0 Å². The van der Waals surface area contributed by atoms with Crippen LogP contribution >= 0.6 is 11.9 Å². The molecule has 0 unspecified atom stereocenters. The third-order valence-corrected chi connectivity index (χ3v) is 0.658. The second kappa shape index (κ2) is 8.75. The summed E-state index contributed by atoms with van der Waals surface area (Å²) in [5, 5.41) is 19.4. The summed E-state index contributed by atoms with van der Waals surface area (Å²) in [5.74, 6) is 0. The summed E-state index contributed by atoms with van der Waals surface area (Å²) >= 11 is 0.497. The summed E-state index contributed by atoms with van der Waals surface area (Å²) in [6.45, 7) is 0. The molecule has 44 valence electrons. The van der Waals surface area contributed by atoms with Crippen molar-refractivity contribution in [1.29, 1.82) is 5.26 Å². The molecular weight excluding hydrogens is 167 g/mol. The molecule has 0 atom stereocenters. The van der Waals surface area contributed by atoms with Crippen LogP contribution in [0.5, 0.6) is 0 Å². The molecule has 0 aliphatic rings. The third kappa shape index (κ3) is 8.75. The smallest absolute Gasteiger partial charge is 0.603 e. The van der Waals surface area contributed by atoms with Crippen molar-refractivity contribution in [2.75, 3.05) is 7.11 Å². The molecule has 0 aromatic rings. The second-order valence-electron chi connectivity index (χ2n) is 0.744. The van der Waals surface area contributed by atoms with E-state index in [9.17, 15) is 5.11 Å². The first-order valence-corrected chi connectivity index (χ1v) is 2.42. The number of hydrogen-bond acceptors (Lipinski definition) is 5. The van der Waals surface area contributed by atoms with Crippen LogP contribution in [0.15, 0.2) is 4.40 Å². The maximum Gasteiger partial charge on any atom is 1.00 e. The van der Waals surface area contributed by atoms with E-state index in [0.29, 0.717) is 11.9 Å². The molecule has 6 heteroatoms. The zero-order valence-electron chi connectivity index (χ0n) is 5.12. The minimum atomic E-state index is -0.739. The predicted octanol–water partition coefficient (Wildman–Crippen LogP) is -3.52. The number of nitriles is 1. The number of ether oxygens (including phenoxy) is 1. The average molecular weight is 170 g/mol. The van der Waals surface area contributed by atoms with E-state index in [4.69, 9.17) is 5.26 Å². The summed E-state index contributed by atoms with van der Waals surface area (Å²) in [6.07, 6.45) is -0.739. The van der Waals surface area contributed by atoms with Crippen molar-refractivity contribution in [2.24, 2.45) is 4.40 Å². The zero-order valence-corrected chi connectivity index (χ0v) is 9.06. The van der Waals surface area contributed by atoms with Crippen LogP contribution in [0.4, 0.5) is 0 Å². The molecule has 0 bridgehead atoms. The van der Waals surface area contributed by atoms with E-state index in [1.807, 2.05) is 0 Å². The Balaban J connectivity index is 0. The number of hydrogen-bond donors (Lipinski definition) is 0. The van der Waals surface area contributed by atoms with Crippen LogP contribution in [-0.4, -0.2) is 13.2 Å². The quantitative estimate of drug-likeness (QED) is 0.134. The van der Waals surface area contributed by atoms with Crippen LogP contribution in [0.25, 0.3) is 0 Å². The average Bonchev–Trinajstić information content (AvgIpc) is 1.83. The maximum absolute atomic E-state index is 10.0. The standard InChI is InChI=1S/C3H4N2O2S.K/c1-7-3(6)5-8-2-4;/h1H3,(H,5,6);/q;+1/p-1. The van der Waals surface area contributed by atoms with E-state index in [0.717, 1.165) is 0 Å². The van der Waals surface area contributed by atoms with Crippen molar-refractivity contribution in [2.45, 2.75) is 0 Å². The molecule has 0 fully saturated rings. The Bertz CT molecular complexity index is 132. The molecule has 0 saturated carbocycles. The Morgan fingerprint density at radius 2 is 2.44 bits per heavy atom. The van der Waals surface area contributed by atoms with E-state index >= 15 is 0 Å². The van der Waals surface area contributed by atoms with Gasteiger partial charge in [0.2, 0.25) is 0 Å². The third-order valence-electron chi connectivity index (χ3n) is 0.336. The molecule has 9 heavy (non-hydrogen) atoms. The molecule has 0 rings (SSSR count). The fourth-order valence-corrected chi connectivity index (χ4v) is 0.285. The van der Waals surface area contributed by atoms with Gasteiger partial charge in [0.1, 0.15) is 0 Å². The molecule has 0 saturated heterocycles. The van der Waals surface area contributed by atoms with Crippen molar-refractivity contribution in [1.82, 2.24) is 0 Å². The molecule has 0 aromatic heterocycles. The molecule has 4 nitrogen and oxygen atoms in total. The van der Waals surface area contributed by atoms with E-state index in [2.05, 4.69) is 9.13 Å². The van der Waals surface area contributed by atoms with Crippen LogP contribution in [-0.2, 0) is 4.74 Å². The van der Waals surface area contributed by atoms with Gasteiger partial charge in [-0.05, 0) is 7.11 Å². The monoisotopic (exact) mass is 170 g/mol. The van der Waals surface area contributed by atoms with Gasteiger partial charge in [0, 0.05) is 0 Å². The van der Waals surface area contributed by atoms with Crippen LogP contribution < -0.4 is 56.5 Å². The zero-order chi connectivity index (χ0) is 6.41. The van der Waals surface area contributed by atoms with Gasteiger partial charge < -0.3 is 9.84 Å². The molecule has 0 aliphatic carbocycles. The maximum atomic E-state index is 10.0. The van der Waals surface area contributed by atoms with Crippen LogP contribution in [0.2, 0.25) is 0 Å². The van der Waals surface area contributed by atoms with Gasteiger partial charge in [-0.1, -0.05) is 0 Å². The molecular formula is C3H3KN2O2S. The Labute approximate surface area is 99.8 Å². The summed E-state index contributed by atoms with van der Waals surface area (Å²) in [6, 6.07) is 0. The van der Waals surface area contributed by atoms with Crippen molar-refractivity contribution in [3.63, 3.8) is 0 Å². The summed E-state index contributed by atoms with van der Waals surface area (Å²) in [5.41, 5.74) is 0.